The Morgan fingerprint density at radius 3 is 2.16 bits per heavy atom. The Morgan fingerprint density at radius 2 is 1.43 bits per heavy atom. The van der Waals surface area contributed by atoms with Crippen molar-refractivity contribution < 1.29 is 14.3 Å². The maximum absolute atomic E-state index is 13.3. The van der Waals surface area contributed by atoms with E-state index in [9.17, 15) is 4.79 Å². The second kappa shape index (κ2) is 9.98. The third-order valence-corrected chi connectivity index (χ3v) is 7.43. The minimum absolute atomic E-state index is 0.0245. The van der Waals surface area contributed by atoms with E-state index in [1.165, 1.54) is 33.4 Å². The van der Waals surface area contributed by atoms with Crippen LogP contribution in [0.4, 0.5) is 4.79 Å². The van der Waals surface area contributed by atoms with Crippen LogP contribution in [0.3, 0.4) is 0 Å². The molecule has 4 heteroatoms. The Bertz CT molecular complexity index is 1430. The smallest absolute Gasteiger partial charge is 0.407 e. The van der Waals surface area contributed by atoms with Crippen LogP contribution in [0.15, 0.2) is 104 Å². The van der Waals surface area contributed by atoms with E-state index in [1.54, 1.807) is 6.08 Å². The van der Waals surface area contributed by atoms with Gasteiger partial charge in [-0.25, -0.2) is 4.79 Å². The van der Waals surface area contributed by atoms with Crippen molar-refractivity contribution in [2.24, 2.45) is 0 Å². The zero-order valence-corrected chi connectivity index (χ0v) is 20.7. The summed E-state index contributed by atoms with van der Waals surface area (Å²) < 4.78 is 11.7. The van der Waals surface area contributed by atoms with Gasteiger partial charge in [0.05, 0.1) is 6.04 Å². The molecule has 4 aromatic carbocycles. The number of hydrogen-bond donors (Lipinski definition) is 1. The number of fused-ring (bicyclic) bond motifs is 5. The van der Waals surface area contributed by atoms with E-state index >= 15 is 0 Å². The van der Waals surface area contributed by atoms with Crippen molar-refractivity contribution in [1.82, 2.24) is 5.32 Å². The average molecular weight is 488 g/mol. The molecule has 1 amide bonds. The van der Waals surface area contributed by atoms with Crippen LogP contribution in [0.2, 0.25) is 0 Å². The maximum atomic E-state index is 13.3. The molecule has 0 fully saturated rings. The number of amides is 1. The molecule has 2 aliphatic rings. The highest BCUT2D eigenvalue weighted by atomic mass is 16.5. The zero-order chi connectivity index (χ0) is 25.2. The van der Waals surface area contributed by atoms with Gasteiger partial charge in [0.1, 0.15) is 19.0 Å². The van der Waals surface area contributed by atoms with Crippen molar-refractivity contribution >= 4 is 6.09 Å². The highest BCUT2D eigenvalue weighted by Gasteiger charge is 2.30. The summed E-state index contributed by atoms with van der Waals surface area (Å²) in [6.07, 6.45) is 3.10. The Kier molecular flexibility index (Phi) is 6.23. The van der Waals surface area contributed by atoms with E-state index in [0.717, 1.165) is 29.7 Å². The van der Waals surface area contributed by atoms with Crippen molar-refractivity contribution in [3.8, 4) is 16.9 Å². The number of carbonyl (C=O) groups excluding carboxylic acids is 1. The van der Waals surface area contributed by atoms with E-state index in [2.05, 4.69) is 78.6 Å². The van der Waals surface area contributed by atoms with Gasteiger partial charge in [0.2, 0.25) is 0 Å². The Hall–Kier alpha value is -4.31. The first-order chi connectivity index (χ1) is 18.2. The molecule has 0 radical (unpaired) electrons. The van der Waals surface area contributed by atoms with Crippen molar-refractivity contribution in [1.29, 1.82) is 0 Å². The van der Waals surface area contributed by atoms with E-state index in [1.807, 2.05) is 24.3 Å². The standard InChI is InChI=1S/C33H29NO3/c1-2-19-36-24-17-18-26-23(20-24)16-15-22-9-3-4-10-25(22)32(26)34-33(35)37-21-31-29-13-7-5-11-27(29)28-12-6-8-14-30(28)31/h2-14,17-18,20,31-32H,1,15-16,19,21H2,(H,34,35). The first kappa shape index (κ1) is 23.1. The van der Waals surface area contributed by atoms with Crippen molar-refractivity contribution in [2.45, 2.75) is 24.8 Å². The summed E-state index contributed by atoms with van der Waals surface area (Å²) in [7, 11) is 0. The van der Waals surface area contributed by atoms with Gasteiger partial charge in [0.15, 0.2) is 0 Å². The molecule has 0 aromatic heterocycles. The van der Waals surface area contributed by atoms with Crippen LogP contribution in [0.25, 0.3) is 11.1 Å². The predicted molar refractivity (Wildman–Crippen MR) is 146 cm³/mol. The quantitative estimate of drug-likeness (QED) is 0.299. The Morgan fingerprint density at radius 1 is 0.811 bits per heavy atom. The van der Waals surface area contributed by atoms with E-state index < -0.39 is 6.09 Å². The highest BCUT2D eigenvalue weighted by Crippen LogP contribution is 2.44. The third-order valence-electron chi connectivity index (χ3n) is 7.43. The van der Waals surface area contributed by atoms with Crippen LogP contribution in [0.5, 0.6) is 5.75 Å². The topological polar surface area (TPSA) is 47.6 Å². The van der Waals surface area contributed by atoms with Gasteiger partial charge in [-0.1, -0.05) is 91.5 Å². The number of rotatable bonds is 6. The molecule has 6 rings (SSSR count). The molecule has 0 spiro atoms. The van der Waals surface area contributed by atoms with Crippen LogP contribution in [0, 0.1) is 0 Å². The molecule has 0 saturated carbocycles. The van der Waals surface area contributed by atoms with Crippen LogP contribution in [-0.4, -0.2) is 19.3 Å². The van der Waals surface area contributed by atoms with Crippen LogP contribution >= 0.6 is 0 Å². The minimum Gasteiger partial charge on any atom is -0.490 e. The largest absolute Gasteiger partial charge is 0.490 e. The van der Waals surface area contributed by atoms with Gasteiger partial charge >= 0.3 is 6.09 Å². The van der Waals surface area contributed by atoms with Gasteiger partial charge in [0, 0.05) is 5.92 Å². The molecule has 0 saturated heterocycles. The number of alkyl carbamates (subject to hydrolysis) is 1. The lowest BCUT2D eigenvalue weighted by Gasteiger charge is -2.23. The molecule has 0 bridgehead atoms. The Balaban J connectivity index is 1.25. The fourth-order valence-corrected chi connectivity index (χ4v) is 5.72. The molecule has 4 aromatic rings. The van der Waals surface area contributed by atoms with Crippen LogP contribution in [-0.2, 0) is 17.6 Å². The molecule has 1 unspecified atom stereocenters. The van der Waals surface area contributed by atoms with Gasteiger partial charge in [-0.15, -0.1) is 0 Å². The van der Waals surface area contributed by atoms with Gasteiger partial charge in [-0.3, -0.25) is 0 Å². The number of ether oxygens (including phenoxy) is 2. The molecule has 37 heavy (non-hydrogen) atoms. The number of nitrogens with one attached hydrogen (secondary N) is 1. The molecule has 0 heterocycles. The van der Waals surface area contributed by atoms with Gasteiger partial charge in [-0.2, -0.15) is 0 Å². The summed E-state index contributed by atoms with van der Waals surface area (Å²) in [5, 5.41) is 3.19. The summed E-state index contributed by atoms with van der Waals surface area (Å²) in [6, 6.07) is 30.9. The number of carbonyl (C=O) groups is 1. The fraction of sp³-hybridized carbons (Fsp3) is 0.182. The lowest BCUT2D eigenvalue weighted by molar-refractivity contribution is 0.140. The summed E-state index contributed by atoms with van der Waals surface area (Å²) in [5.74, 6) is 0.834. The highest BCUT2D eigenvalue weighted by molar-refractivity contribution is 5.79. The van der Waals surface area contributed by atoms with Crippen LogP contribution in [0.1, 0.15) is 45.3 Å². The van der Waals surface area contributed by atoms with Crippen molar-refractivity contribution in [2.75, 3.05) is 13.2 Å². The SMILES string of the molecule is C=CCOc1ccc2c(c1)CCc1ccccc1C2NC(=O)OCC1c2ccccc2-c2ccccc21. The van der Waals surface area contributed by atoms with Gasteiger partial charge in [0.25, 0.3) is 0 Å². The lowest BCUT2D eigenvalue weighted by atomic mass is 9.94. The molecule has 2 aliphatic carbocycles. The number of aryl methyl sites for hydroxylation is 2. The fourth-order valence-electron chi connectivity index (χ4n) is 5.72. The molecule has 184 valence electrons. The normalized spacial score (nSPS) is 15.4. The van der Waals surface area contributed by atoms with Crippen molar-refractivity contribution in [3.63, 3.8) is 0 Å². The number of benzene rings is 4. The monoisotopic (exact) mass is 487 g/mol. The molecule has 1 atom stereocenters. The zero-order valence-electron chi connectivity index (χ0n) is 20.7. The first-order valence-corrected chi connectivity index (χ1v) is 12.8. The molecule has 4 nitrogen and oxygen atoms in total. The average Bonchev–Trinajstić information content (AvgIpc) is 3.18. The van der Waals surface area contributed by atoms with Gasteiger partial charge < -0.3 is 14.8 Å². The second-order valence-corrected chi connectivity index (χ2v) is 9.56. The van der Waals surface area contributed by atoms with E-state index in [4.69, 9.17) is 9.47 Å². The summed E-state index contributed by atoms with van der Waals surface area (Å²) in [6.45, 7) is 4.48. The molecular formula is C33H29NO3. The number of hydrogen-bond acceptors (Lipinski definition) is 3. The predicted octanol–water partition coefficient (Wildman–Crippen LogP) is 6.98. The summed E-state index contributed by atoms with van der Waals surface area (Å²) in [4.78, 5) is 13.3. The third kappa shape index (κ3) is 4.40. The summed E-state index contributed by atoms with van der Waals surface area (Å²) in [5.41, 5.74) is 9.42. The lowest BCUT2D eigenvalue weighted by Crippen LogP contribution is -2.31. The molecular weight excluding hydrogens is 458 g/mol. The van der Waals surface area contributed by atoms with E-state index in [0.29, 0.717) is 6.61 Å². The first-order valence-electron chi connectivity index (χ1n) is 12.8. The maximum Gasteiger partial charge on any atom is 0.407 e. The van der Waals surface area contributed by atoms with E-state index in [-0.39, 0.29) is 18.6 Å². The second-order valence-electron chi connectivity index (χ2n) is 9.56. The molecule has 1 N–H and O–H groups in total. The Labute approximate surface area is 217 Å². The minimum atomic E-state index is -0.415. The van der Waals surface area contributed by atoms with Crippen LogP contribution < -0.4 is 10.1 Å². The molecule has 0 aliphatic heterocycles. The van der Waals surface area contributed by atoms with Crippen molar-refractivity contribution in [3.05, 3.63) is 137 Å². The van der Waals surface area contributed by atoms with Gasteiger partial charge in [-0.05, 0) is 69.5 Å². The summed E-state index contributed by atoms with van der Waals surface area (Å²) >= 11 is 0.